The molecule has 2 aromatic rings. The largest absolute Gasteiger partial charge is 0.733 e. The van der Waals surface area contributed by atoms with Crippen molar-refractivity contribution in [3.8, 4) is 0 Å². The minimum Gasteiger partial charge on any atom is -0.733 e. The Morgan fingerprint density at radius 3 is 2.29 bits per heavy atom. The molecule has 0 saturated carbocycles. The molecule has 1 fully saturated rings. The van der Waals surface area contributed by atoms with Gasteiger partial charge in [0, 0.05) is 31.7 Å². The Kier molecular flexibility index (Phi) is 5.57. The maximum Gasteiger partial charge on any atom is 0.257 e. The molecule has 1 heterocycles. The molecule has 1 aliphatic rings. The highest BCUT2D eigenvalue weighted by Gasteiger charge is 2.26. The topological polar surface area (TPSA) is 87.2 Å². The van der Waals surface area contributed by atoms with E-state index in [1.807, 2.05) is 0 Å². The average Bonchev–Trinajstić information content (AvgIpc) is 2.67. The van der Waals surface area contributed by atoms with E-state index in [0.29, 0.717) is 18.8 Å². The fraction of sp³-hybridized carbons (Fsp3) is 0.263. The van der Waals surface area contributed by atoms with Crippen LogP contribution in [0.5, 0.6) is 0 Å². The van der Waals surface area contributed by atoms with Gasteiger partial charge in [0.2, 0.25) is 0 Å². The summed E-state index contributed by atoms with van der Waals surface area (Å²) >= 11 is 0. The standard InChI is InChI=1S/C19H18F2N3O4/c1-12(25)13-2-5-18(17(21)10-13)22-6-8-23(9-7-22)19(26)15-11-14(24(27)28)3-4-16(15)20/h2-5,10-11,27H,6-9H2,1H3/q-1. The molecule has 0 aliphatic carbocycles. The van der Waals surface area contributed by atoms with Gasteiger partial charge in [-0.2, -0.15) is 0 Å². The number of anilines is 2. The number of hydrogen-bond donors (Lipinski definition) is 1. The molecule has 0 unspecified atom stereocenters. The van der Waals surface area contributed by atoms with E-state index in [-0.39, 0.29) is 35.7 Å². The zero-order valence-electron chi connectivity index (χ0n) is 15.1. The summed E-state index contributed by atoms with van der Waals surface area (Å²) in [5, 5.41) is 19.5. The molecule has 28 heavy (non-hydrogen) atoms. The lowest BCUT2D eigenvalue weighted by atomic mass is 10.1. The molecule has 0 radical (unpaired) electrons. The van der Waals surface area contributed by atoms with Crippen LogP contribution in [0.3, 0.4) is 0 Å². The lowest BCUT2D eigenvalue weighted by molar-refractivity contribution is 0.0741. The Labute approximate surface area is 159 Å². The summed E-state index contributed by atoms with van der Waals surface area (Å²) in [6.07, 6.45) is 0. The van der Waals surface area contributed by atoms with Gasteiger partial charge in [0.25, 0.3) is 5.91 Å². The van der Waals surface area contributed by atoms with Gasteiger partial charge in [-0.3, -0.25) is 14.8 Å². The Balaban J connectivity index is 1.71. The molecule has 0 aromatic heterocycles. The number of hydrogen-bond acceptors (Lipinski definition) is 6. The molecule has 0 spiro atoms. The van der Waals surface area contributed by atoms with Gasteiger partial charge in [-0.1, -0.05) is 0 Å². The third-order valence-electron chi connectivity index (χ3n) is 4.66. The van der Waals surface area contributed by atoms with Crippen molar-refractivity contribution < 1.29 is 23.6 Å². The quantitative estimate of drug-likeness (QED) is 0.638. The van der Waals surface area contributed by atoms with Gasteiger partial charge in [0.1, 0.15) is 11.6 Å². The van der Waals surface area contributed by atoms with Crippen molar-refractivity contribution in [1.29, 1.82) is 0 Å². The van der Waals surface area contributed by atoms with Gasteiger partial charge in [-0.15, -0.1) is 0 Å². The molecule has 9 heteroatoms. The van der Waals surface area contributed by atoms with Crippen LogP contribution in [0.2, 0.25) is 0 Å². The number of halogens is 2. The van der Waals surface area contributed by atoms with E-state index in [0.717, 1.165) is 18.2 Å². The number of nitrogens with zero attached hydrogens (tertiary/aromatic N) is 3. The van der Waals surface area contributed by atoms with Crippen molar-refractivity contribution in [2.24, 2.45) is 0 Å². The van der Waals surface area contributed by atoms with Gasteiger partial charge in [-0.05, 0) is 43.3 Å². The lowest BCUT2D eigenvalue weighted by Gasteiger charge is -2.36. The van der Waals surface area contributed by atoms with Crippen molar-refractivity contribution in [3.63, 3.8) is 0 Å². The van der Waals surface area contributed by atoms with Crippen LogP contribution in [-0.4, -0.2) is 48.0 Å². The second-order valence-electron chi connectivity index (χ2n) is 6.44. The predicted octanol–water partition coefficient (Wildman–Crippen LogP) is 2.82. The Bertz CT molecular complexity index is 912. The van der Waals surface area contributed by atoms with Crippen LogP contribution >= 0.6 is 0 Å². The second kappa shape index (κ2) is 7.91. The fourth-order valence-corrected chi connectivity index (χ4v) is 3.10. The summed E-state index contributed by atoms with van der Waals surface area (Å²) in [7, 11) is 0. The number of amides is 1. The highest BCUT2D eigenvalue weighted by Crippen LogP contribution is 2.24. The minimum atomic E-state index is -0.802. The van der Waals surface area contributed by atoms with E-state index in [4.69, 9.17) is 5.21 Å². The van der Waals surface area contributed by atoms with Crippen LogP contribution in [0.4, 0.5) is 20.2 Å². The minimum absolute atomic E-state index is 0.219. The van der Waals surface area contributed by atoms with Crippen LogP contribution < -0.4 is 10.1 Å². The van der Waals surface area contributed by atoms with Gasteiger partial charge in [-0.25, -0.2) is 8.78 Å². The molecule has 148 valence electrons. The van der Waals surface area contributed by atoms with Gasteiger partial charge in [0.15, 0.2) is 5.78 Å². The van der Waals surface area contributed by atoms with Crippen LogP contribution in [0.1, 0.15) is 27.6 Å². The highest BCUT2D eigenvalue weighted by molar-refractivity contribution is 5.96. The molecule has 0 bridgehead atoms. The van der Waals surface area contributed by atoms with Gasteiger partial charge in [0.05, 0.1) is 16.9 Å². The number of rotatable bonds is 4. The smallest absolute Gasteiger partial charge is 0.257 e. The number of ketones is 1. The monoisotopic (exact) mass is 390 g/mol. The molecule has 1 N–H and O–H groups in total. The molecule has 7 nitrogen and oxygen atoms in total. The van der Waals surface area contributed by atoms with E-state index in [2.05, 4.69) is 0 Å². The van der Waals surface area contributed by atoms with Crippen LogP contribution in [-0.2, 0) is 0 Å². The third kappa shape index (κ3) is 3.95. The first-order valence-electron chi connectivity index (χ1n) is 8.58. The Morgan fingerprint density at radius 2 is 1.71 bits per heavy atom. The molecule has 3 rings (SSSR count). The van der Waals surface area contributed by atoms with E-state index in [9.17, 15) is 23.6 Å². The first-order chi connectivity index (χ1) is 13.3. The van der Waals surface area contributed by atoms with Gasteiger partial charge >= 0.3 is 0 Å². The third-order valence-corrected chi connectivity index (χ3v) is 4.66. The summed E-state index contributed by atoms with van der Waals surface area (Å²) < 4.78 is 28.3. The van der Waals surface area contributed by atoms with E-state index in [1.54, 1.807) is 11.0 Å². The van der Waals surface area contributed by atoms with Crippen LogP contribution in [0.25, 0.3) is 0 Å². The fourth-order valence-electron chi connectivity index (χ4n) is 3.10. The average molecular weight is 390 g/mol. The van der Waals surface area contributed by atoms with E-state index in [1.165, 1.54) is 24.0 Å². The molecular formula is C19H18F2N3O4-. The first kappa shape index (κ1) is 19.7. The maximum atomic E-state index is 14.3. The number of Topliss-reactive ketones (excluding diaryl/α,β-unsaturated/α-hetero) is 1. The molecule has 2 aromatic carbocycles. The van der Waals surface area contributed by atoms with Crippen LogP contribution in [0, 0.1) is 16.8 Å². The normalized spacial score (nSPS) is 14.2. The molecule has 1 saturated heterocycles. The predicted molar refractivity (Wildman–Crippen MR) is 98.6 cm³/mol. The van der Waals surface area contributed by atoms with E-state index >= 15 is 0 Å². The highest BCUT2D eigenvalue weighted by atomic mass is 19.1. The first-order valence-corrected chi connectivity index (χ1v) is 8.58. The molecule has 1 aliphatic heterocycles. The van der Waals surface area contributed by atoms with Gasteiger partial charge < -0.3 is 20.2 Å². The maximum absolute atomic E-state index is 14.3. The summed E-state index contributed by atoms with van der Waals surface area (Å²) in [6, 6.07) is 7.23. The van der Waals surface area contributed by atoms with Crippen molar-refractivity contribution in [2.45, 2.75) is 6.92 Å². The zero-order chi connectivity index (χ0) is 20.4. The summed E-state index contributed by atoms with van der Waals surface area (Å²) in [5.74, 6) is -2.17. The SMILES string of the molecule is CC(=O)c1ccc(N2CCN(C(=O)c3cc(N([O-])O)ccc3F)CC2)c(F)c1. The molecular weight excluding hydrogens is 372 g/mol. The number of carbonyl (C=O) groups is 2. The van der Waals surface area contributed by atoms with Crippen molar-refractivity contribution >= 4 is 23.1 Å². The molecule has 1 amide bonds. The number of benzene rings is 2. The summed E-state index contributed by atoms with van der Waals surface area (Å²) in [6.45, 7) is 2.43. The second-order valence-corrected chi connectivity index (χ2v) is 6.44. The van der Waals surface area contributed by atoms with Crippen LogP contribution in [0.15, 0.2) is 36.4 Å². The number of piperazine rings is 1. The lowest BCUT2D eigenvalue weighted by Crippen LogP contribution is -2.49. The number of carbonyl (C=O) groups excluding carboxylic acids is 2. The van der Waals surface area contributed by atoms with Crippen molar-refractivity contribution in [2.75, 3.05) is 36.3 Å². The van der Waals surface area contributed by atoms with E-state index < -0.39 is 22.8 Å². The summed E-state index contributed by atoms with van der Waals surface area (Å²) in [4.78, 5) is 27.1. The summed E-state index contributed by atoms with van der Waals surface area (Å²) in [5.41, 5.74) is 0.0307. The molecule has 0 atom stereocenters. The Morgan fingerprint density at radius 1 is 1.04 bits per heavy atom. The Hall–Kier alpha value is -3.04. The van der Waals surface area contributed by atoms with Crippen molar-refractivity contribution in [3.05, 3.63) is 64.4 Å². The zero-order valence-corrected chi connectivity index (χ0v) is 15.1. The van der Waals surface area contributed by atoms with Crippen molar-refractivity contribution in [1.82, 2.24) is 4.90 Å².